The molecule has 1 saturated heterocycles. The third-order valence-corrected chi connectivity index (χ3v) is 5.63. The third-order valence-electron chi connectivity index (χ3n) is 4.72. The van der Waals surface area contributed by atoms with Gasteiger partial charge in [-0.15, -0.1) is 0 Å². The number of carbonyl (C=O) groups excluding carboxylic acids is 4. The lowest BCUT2D eigenvalue weighted by Gasteiger charge is -2.12. The first kappa shape index (κ1) is 22.0. The molecule has 3 amide bonds. The number of hydrogen-bond donors (Lipinski definition) is 1. The highest BCUT2D eigenvalue weighted by Gasteiger charge is 2.36. The Labute approximate surface area is 191 Å². The van der Waals surface area contributed by atoms with Gasteiger partial charge in [-0.25, -0.2) is 4.39 Å². The van der Waals surface area contributed by atoms with Gasteiger partial charge >= 0.3 is 0 Å². The van der Waals surface area contributed by atoms with Crippen LogP contribution in [0, 0.1) is 5.82 Å². The summed E-state index contributed by atoms with van der Waals surface area (Å²) >= 11 is 0.694. The van der Waals surface area contributed by atoms with Gasteiger partial charge in [0.1, 0.15) is 12.4 Å². The zero-order valence-corrected chi connectivity index (χ0v) is 17.7. The van der Waals surface area contributed by atoms with Crippen molar-refractivity contribution in [2.75, 3.05) is 11.9 Å². The monoisotopic (exact) mass is 464 g/mol. The Morgan fingerprint density at radius 2 is 1.82 bits per heavy atom. The molecule has 0 atom stereocenters. The first-order valence-electron chi connectivity index (χ1n) is 9.62. The molecule has 4 rings (SSSR count). The predicted octanol–water partition coefficient (Wildman–Crippen LogP) is 2.65. The van der Waals surface area contributed by atoms with Crippen molar-refractivity contribution in [3.63, 3.8) is 0 Å². The van der Waals surface area contributed by atoms with Crippen LogP contribution in [0.2, 0.25) is 0 Å². The van der Waals surface area contributed by atoms with E-state index in [2.05, 4.69) is 5.32 Å². The molecule has 0 unspecified atom stereocenters. The van der Waals surface area contributed by atoms with Crippen LogP contribution in [0.5, 0.6) is 0 Å². The van der Waals surface area contributed by atoms with Crippen LogP contribution in [0.4, 0.5) is 14.9 Å². The second kappa shape index (κ2) is 9.13. The molecule has 3 aromatic rings. The number of amides is 3. The van der Waals surface area contributed by atoms with Crippen molar-refractivity contribution in [3.8, 4) is 5.69 Å². The number of rotatable bonds is 6. The van der Waals surface area contributed by atoms with Crippen LogP contribution >= 0.6 is 11.8 Å². The molecule has 10 heteroatoms. The van der Waals surface area contributed by atoms with Gasteiger partial charge in [-0.2, -0.15) is 0 Å². The molecule has 0 spiro atoms. The number of nitrogens with zero attached hydrogens (tertiary/aromatic N) is 2. The molecule has 1 aromatic heterocycles. The van der Waals surface area contributed by atoms with Crippen molar-refractivity contribution < 1.29 is 28.7 Å². The summed E-state index contributed by atoms with van der Waals surface area (Å²) in [6.07, 6.45) is 3.18. The average Bonchev–Trinajstić information content (AvgIpc) is 3.35. The standard InChI is InChI=1S/C23H16FN3O5S/c24-15-6-8-16(9-7-15)25-20(28)13-27-21(29)19(33-23(27)32)12-18-5-2-10-26(18)17-4-1-3-14(11-17)22(30)31/h1-12H,13H2,(H,25,28)(H,30,31)/p-1/b19-12-. The van der Waals surface area contributed by atoms with Crippen LogP contribution in [0.25, 0.3) is 11.8 Å². The molecule has 1 aliphatic rings. The smallest absolute Gasteiger partial charge is 0.294 e. The quantitative estimate of drug-likeness (QED) is 0.562. The summed E-state index contributed by atoms with van der Waals surface area (Å²) in [5.74, 6) is -3.01. The molecule has 0 saturated carbocycles. The molecule has 33 heavy (non-hydrogen) atoms. The lowest BCUT2D eigenvalue weighted by atomic mass is 10.2. The van der Waals surface area contributed by atoms with E-state index in [4.69, 9.17) is 0 Å². The number of aromatic carboxylic acids is 1. The van der Waals surface area contributed by atoms with E-state index in [0.717, 1.165) is 4.90 Å². The molecule has 0 bridgehead atoms. The van der Waals surface area contributed by atoms with Gasteiger partial charge < -0.3 is 19.8 Å². The number of benzene rings is 2. The molecular formula is C23H15FN3O5S-. The van der Waals surface area contributed by atoms with Gasteiger partial charge in [-0.3, -0.25) is 19.3 Å². The fraction of sp³-hybridized carbons (Fsp3) is 0.0435. The summed E-state index contributed by atoms with van der Waals surface area (Å²) in [5.41, 5.74) is 1.40. The summed E-state index contributed by atoms with van der Waals surface area (Å²) < 4.78 is 14.6. The van der Waals surface area contributed by atoms with E-state index in [1.807, 2.05) is 0 Å². The maximum Gasteiger partial charge on any atom is 0.294 e. The number of carboxylic acid groups (broad SMARTS) is 1. The summed E-state index contributed by atoms with van der Waals surface area (Å²) in [4.78, 5) is 49.4. The van der Waals surface area contributed by atoms with E-state index in [9.17, 15) is 28.7 Å². The Morgan fingerprint density at radius 1 is 1.06 bits per heavy atom. The minimum Gasteiger partial charge on any atom is -0.545 e. The molecule has 0 aliphatic carbocycles. The number of carboxylic acids is 1. The van der Waals surface area contributed by atoms with Crippen molar-refractivity contribution in [1.29, 1.82) is 0 Å². The Kier molecular flexibility index (Phi) is 6.09. The fourth-order valence-corrected chi connectivity index (χ4v) is 4.00. The van der Waals surface area contributed by atoms with E-state index >= 15 is 0 Å². The number of aromatic nitrogens is 1. The van der Waals surface area contributed by atoms with Crippen LogP contribution < -0.4 is 10.4 Å². The van der Waals surface area contributed by atoms with Crippen molar-refractivity contribution in [2.24, 2.45) is 0 Å². The number of halogens is 1. The average molecular weight is 464 g/mol. The van der Waals surface area contributed by atoms with E-state index in [-0.39, 0.29) is 10.5 Å². The van der Waals surface area contributed by atoms with Gasteiger partial charge in [0.2, 0.25) is 5.91 Å². The van der Waals surface area contributed by atoms with Crippen molar-refractivity contribution in [1.82, 2.24) is 9.47 Å². The molecule has 166 valence electrons. The number of carbonyl (C=O) groups is 4. The molecule has 8 nitrogen and oxygen atoms in total. The minimum absolute atomic E-state index is 0.000333. The summed E-state index contributed by atoms with van der Waals surface area (Å²) in [5, 5.41) is 13.1. The highest BCUT2D eigenvalue weighted by atomic mass is 32.2. The first-order valence-corrected chi connectivity index (χ1v) is 10.4. The molecular weight excluding hydrogens is 449 g/mol. The van der Waals surface area contributed by atoms with E-state index in [1.54, 1.807) is 35.0 Å². The number of imide groups is 1. The number of nitrogens with one attached hydrogen (secondary N) is 1. The van der Waals surface area contributed by atoms with Crippen LogP contribution in [-0.2, 0) is 9.59 Å². The molecule has 2 aromatic carbocycles. The second-order valence-corrected chi connectivity index (χ2v) is 7.96. The maximum absolute atomic E-state index is 13.0. The lowest BCUT2D eigenvalue weighted by Crippen LogP contribution is -2.36. The van der Waals surface area contributed by atoms with Crippen LogP contribution in [0.15, 0.2) is 71.8 Å². The van der Waals surface area contributed by atoms with Crippen LogP contribution in [-0.4, -0.2) is 39.0 Å². The van der Waals surface area contributed by atoms with Gasteiger partial charge in [0.25, 0.3) is 11.1 Å². The SMILES string of the molecule is O=C(CN1C(=O)S/C(=C\c2cccn2-c2cccc(C(=O)[O-])c2)C1=O)Nc1ccc(F)cc1. The fourth-order valence-electron chi connectivity index (χ4n) is 3.18. The first-order chi connectivity index (χ1) is 15.8. The Hall–Kier alpha value is -4.18. The lowest BCUT2D eigenvalue weighted by molar-refractivity contribution is -0.255. The normalized spacial score (nSPS) is 14.7. The van der Waals surface area contributed by atoms with Gasteiger partial charge in [0.05, 0.1) is 10.9 Å². The highest BCUT2D eigenvalue weighted by Crippen LogP contribution is 2.32. The number of anilines is 1. The zero-order valence-electron chi connectivity index (χ0n) is 16.9. The maximum atomic E-state index is 13.0. The second-order valence-electron chi connectivity index (χ2n) is 6.96. The van der Waals surface area contributed by atoms with E-state index in [1.165, 1.54) is 42.5 Å². The zero-order chi connectivity index (χ0) is 23.5. The largest absolute Gasteiger partial charge is 0.545 e. The Morgan fingerprint density at radius 3 is 2.55 bits per heavy atom. The molecule has 1 aliphatic heterocycles. The van der Waals surface area contributed by atoms with Crippen LogP contribution in [0.3, 0.4) is 0 Å². The van der Waals surface area contributed by atoms with E-state index in [0.29, 0.717) is 28.8 Å². The number of thioether (sulfide) groups is 1. The van der Waals surface area contributed by atoms with Gasteiger partial charge in [-0.1, -0.05) is 12.1 Å². The van der Waals surface area contributed by atoms with Gasteiger partial charge in [0.15, 0.2) is 0 Å². The van der Waals surface area contributed by atoms with Gasteiger partial charge in [-0.05, 0) is 71.9 Å². The predicted molar refractivity (Wildman–Crippen MR) is 118 cm³/mol. The molecule has 2 heterocycles. The Balaban J connectivity index is 1.51. The topological polar surface area (TPSA) is 112 Å². The van der Waals surface area contributed by atoms with Crippen LogP contribution in [0.1, 0.15) is 16.1 Å². The Bertz CT molecular complexity index is 1300. The van der Waals surface area contributed by atoms with Gasteiger partial charge in [0, 0.05) is 23.3 Å². The number of hydrogen-bond acceptors (Lipinski definition) is 6. The molecule has 1 fully saturated rings. The minimum atomic E-state index is -1.31. The highest BCUT2D eigenvalue weighted by molar-refractivity contribution is 8.18. The third kappa shape index (κ3) is 4.85. The summed E-state index contributed by atoms with van der Waals surface area (Å²) in [6, 6.07) is 14.6. The summed E-state index contributed by atoms with van der Waals surface area (Å²) in [7, 11) is 0. The van der Waals surface area contributed by atoms with Crippen molar-refractivity contribution >= 4 is 46.5 Å². The molecule has 1 N–H and O–H groups in total. The van der Waals surface area contributed by atoms with E-state index < -0.39 is 35.4 Å². The summed E-state index contributed by atoms with van der Waals surface area (Å²) in [6.45, 7) is -0.492. The molecule has 0 radical (unpaired) electrons. The van der Waals surface area contributed by atoms with Crippen molar-refractivity contribution in [2.45, 2.75) is 0 Å². The van der Waals surface area contributed by atoms with Crippen molar-refractivity contribution in [3.05, 3.63) is 88.8 Å².